The van der Waals surface area contributed by atoms with Gasteiger partial charge in [0.15, 0.2) is 11.5 Å². The molecule has 0 saturated carbocycles. The summed E-state index contributed by atoms with van der Waals surface area (Å²) in [5.74, 6) is -0.453. The van der Waals surface area contributed by atoms with Crippen molar-refractivity contribution in [2.45, 2.75) is 12.8 Å². The summed E-state index contributed by atoms with van der Waals surface area (Å²) in [5, 5.41) is 9.62. The molecule has 0 amide bonds. The third-order valence-corrected chi connectivity index (χ3v) is 3.01. The van der Waals surface area contributed by atoms with Crippen molar-refractivity contribution in [2.24, 2.45) is 0 Å². The first-order valence-corrected chi connectivity index (χ1v) is 5.44. The molecule has 5 heteroatoms. The number of methoxy groups -OCH3 is 2. The van der Waals surface area contributed by atoms with Gasteiger partial charge in [0.25, 0.3) is 0 Å². The Labute approximate surface area is 102 Å². The summed E-state index contributed by atoms with van der Waals surface area (Å²) < 4.78 is 10.3. The first-order valence-electron chi connectivity index (χ1n) is 4.65. The van der Waals surface area contributed by atoms with Gasteiger partial charge in [0.05, 0.1) is 20.1 Å². The van der Waals surface area contributed by atoms with Gasteiger partial charge in [-0.05, 0) is 24.6 Å². The number of benzene rings is 1. The van der Waals surface area contributed by atoms with Gasteiger partial charge in [-0.25, -0.2) is 0 Å². The zero-order valence-electron chi connectivity index (χ0n) is 9.28. The molecule has 0 saturated heterocycles. The topological polar surface area (TPSA) is 55.8 Å². The van der Waals surface area contributed by atoms with E-state index in [1.807, 2.05) is 0 Å². The van der Waals surface area contributed by atoms with E-state index in [0.717, 1.165) is 0 Å². The number of carbonyl (C=O) groups is 1. The fraction of sp³-hybridized carbons (Fsp3) is 0.364. The highest BCUT2D eigenvalue weighted by atomic mass is 79.9. The van der Waals surface area contributed by atoms with E-state index in [9.17, 15) is 9.90 Å². The summed E-state index contributed by atoms with van der Waals surface area (Å²) in [6.07, 6.45) is 0. The average molecular weight is 289 g/mol. The van der Waals surface area contributed by atoms with Crippen molar-refractivity contribution in [3.63, 3.8) is 0 Å². The van der Waals surface area contributed by atoms with Crippen LogP contribution in [-0.4, -0.2) is 25.3 Å². The lowest BCUT2D eigenvalue weighted by Crippen LogP contribution is -2.11. The Morgan fingerprint density at radius 1 is 1.44 bits per heavy atom. The van der Waals surface area contributed by atoms with Crippen molar-refractivity contribution in [3.8, 4) is 11.5 Å². The SMILES string of the molecule is COC(=O)C(C)c1cc(O)c(OC)cc1Br. The van der Waals surface area contributed by atoms with Gasteiger partial charge in [-0.3, -0.25) is 4.79 Å². The molecule has 0 aliphatic rings. The van der Waals surface area contributed by atoms with E-state index in [4.69, 9.17) is 4.74 Å². The number of ether oxygens (including phenoxy) is 2. The first-order chi connectivity index (χ1) is 7.51. The fourth-order valence-electron chi connectivity index (χ4n) is 1.36. The standard InChI is InChI=1S/C11H13BrO4/c1-6(11(14)16-3)7-4-9(13)10(15-2)5-8(7)12/h4-6,13H,1-3H3. The molecule has 16 heavy (non-hydrogen) atoms. The van der Waals surface area contributed by atoms with Crippen molar-refractivity contribution in [2.75, 3.05) is 14.2 Å². The molecule has 1 atom stereocenters. The van der Waals surface area contributed by atoms with Crippen molar-refractivity contribution >= 4 is 21.9 Å². The van der Waals surface area contributed by atoms with Crippen LogP contribution in [-0.2, 0) is 9.53 Å². The zero-order valence-corrected chi connectivity index (χ0v) is 10.9. The number of phenolic OH excluding ortho intramolecular Hbond substituents is 1. The molecule has 0 aromatic heterocycles. The monoisotopic (exact) mass is 288 g/mol. The van der Waals surface area contributed by atoms with Crippen LogP contribution in [0.1, 0.15) is 18.4 Å². The maximum absolute atomic E-state index is 11.4. The van der Waals surface area contributed by atoms with Crippen LogP contribution >= 0.6 is 15.9 Å². The number of aromatic hydroxyl groups is 1. The van der Waals surface area contributed by atoms with Gasteiger partial charge in [0.1, 0.15) is 0 Å². The molecular formula is C11H13BrO4. The van der Waals surface area contributed by atoms with Gasteiger partial charge in [0.2, 0.25) is 0 Å². The molecule has 1 aromatic carbocycles. The Kier molecular flexibility index (Phi) is 4.18. The predicted octanol–water partition coefficient (Wildman–Crippen LogP) is 2.44. The second-order valence-electron chi connectivity index (χ2n) is 3.29. The van der Waals surface area contributed by atoms with Crippen LogP contribution in [0.3, 0.4) is 0 Å². The minimum absolute atomic E-state index is 0.00328. The Bertz CT molecular complexity index is 403. The first kappa shape index (κ1) is 12.8. The maximum atomic E-state index is 11.4. The van der Waals surface area contributed by atoms with E-state index in [1.54, 1.807) is 13.0 Å². The fourth-order valence-corrected chi connectivity index (χ4v) is 2.02. The maximum Gasteiger partial charge on any atom is 0.312 e. The lowest BCUT2D eigenvalue weighted by Gasteiger charge is -2.13. The molecule has 4 nitrogen and oxygen atoms in total. The summed E-state index contributed by atoms with van der Waals surface area (Å²) in [4.78, 5) is 11.4. The Morgan fingerprint density at radius 2 is 2.06 bits per heavy atom. The van der Waals surface area contributed by atoms with Crippen molar-refractivity contribution in [1.29, 1.82) is 0 Å². The Hall–Kier alpha value is -1.23. The van der Waals surface area contributed by atoms with Crippen LogP contribution < -0.4 is 4.74 Å². The molecule has 0 aliphatic heterocycles. The normalized spacial score (nSPS) is 12.0. The van der Waals surface area contributed by atoms with Gasteiger partial charge in [-0.1, -0.05) is 15.9 Å². The molecule has 1 rings (SSSR count). The van der Waals surface area contributed by atoms with Gasteiger partial charge < -0.3 is 14.6 Å². The summed E-state index contributed by atoms with van der Waals surface area (Å²) in [6, 6.07) is 3.11. The molecule has 0 spiro atoms. The number of hydrogen-bond acceptors (Lipinski definition) is 4. The van der Waals surface area contributed by atoms with Gasteiger partial charge in [0, 0.05) is 4.47 Å². The summed E-state index contributed by atoms with van der Waals surface area (Å²) in [6.45, 7) is 1.71. The molecule has 0 heterocycles. The van der Waals surface area contributed by atoms with Gasteiger partial charge in [-0.15, -0.1) is 0 Å². The number of rotatable bonds is 3. The van der Waals surface area contributed by atoms with Crippen LogP contribution in [0.25, 0.3) is 0 Å². The van der Waals surface area contributed by atoms with E-state index in [0.29, 0.717) is 15.8 Å². The lowest BCUT2D eigenvalue weighted by atomic mass is 10.0. The minimum Gasteiger partial charge on any atom is -0.504 e. The smallest absolute Gasteiger partial charge is 0.312 e. The largest absolute Gasteiger partial charge is 0.504 e. The van der Waals surface area contributed by atoms with Gasteiger partial charge in [-0.2, -0.15) is 0 Å². The molecule has 0 aliphatic carbocycles. The summed E-state index contributed by atoms with van der Waals surface area (Å²) in [5.41, 5.74) is 0.658. The van der Waals surface area contributed by atoms with E-state index in [2.05, 4.69) is 20.7 Å². The van der Waals surface area contributed by atoms with Gasteiger partial charge >= 0.3 is 5.97 Å². The second kappa shape index (κ2) is 5.21. The summed E-state index contributed by atoms with van der Waals surface area (Å²) in [7, 11) is 2.79. The highest BCUT2D eigenvalue weighted by Gasteiger charge is 2.20. The van der Waals surface area contributed by atoms with Crippen molar-refractivity contribution in [3.05, 3.63) is 22.2 Å². The molecule has 1 aromatic rings. The van der Waals surface area contributed by atoms with E-state index in [-0.39, 0.29) is 11.7 Å². The van der Waals surface area contributed by atoms with Crippen LogP contribution in [0.5, 0.6) is 11.5 Å². The second-order valence-corrected chi connectivity index (χ2v) is 4.14. The Morgan fingerprint density at radius 3 is 2.56 bits per heavy atom. The lowest BCUT2D eigenvalue weighted by molar-refractivity contribution is -0.142. The predicted molar refractivity (Wildman–Crippen MR) is 62.8 cm³/mol. The molecule has 0 radical (unpaired) electrons. The number of phenols is 1. The van der Waals surface area contributed by atoms with Crippen LogP contribution in [0.15, 0.2) is 16.6 Å². The van der Waals surface area contributed by atoms with Crippen molar-refractivity contribution < 1.29 is 19.4 Å². The molecule has 0 fully saturated rings. The molecule has 88 valence electrons. The average Bonchev–Trinajstić information content (AvgIpc) is 2.29. The summed E-state index contributed by atoms with van der Waals surface area (Å²) >= 11 is 3.32. The Balaban J connectivity index is 3.15. The number of esters is 1. The zero-order chi connectivity index (χ0) is 12.3. The molecule has 1 unspecified atom stereocenters. The highest BCUT2D eigenvalue weighted by Crippen LogP contribution is 2.36. The van der Waals surface area contributed by atoms with Crippen molar-refractivity contribution in [1.82, 2.24) is 0 Å². The molecule has 0 bridgehead atoms. The quantitative estimate of drug-likeness (QED) is 0.868. The number of carbonyl (C=O) groups excluding carboxylic acids is 1. The highest BCUT2D eigenvalue weighted by molar-refractivity contribution is 9.10. The minimum atomic E-state index is -0.448. The van der Waals surface area contributed by atoms with Crippen LogP contribution in [0.2, 0.25) is 0 Å². The molecule has 1 N–H and O–H groups in total. The third kappa shape index (κ3) is 2.47. The number of hydrogen-bond donors (Lipinski definition) is 1. The van der Waals surface area contributed by atoms with E-state index < -0.39 is 5.92 Å². The number of halogens is 1. The van der Waals surface area contributed by atoms with E-state index >= 15 is 0 Å². The van der Waals surface area contributed by atoms with E-state index in [1.165, 1.54) is 20.3 Å². The third-order valence-electron chi connectivity index (χ3n) is 2.32. The molecular weight excluding hydrogens is 276 g/mol. The van der Waals surface area contributed by atoms with Crippen LogP contribution in [0, 0.1) is 0 Å². The van der Waals surface area contributed by atoms with Crippen LogP contribution in [0.4, 0.5) is 0 Å².